The normalized spacial score (nSPS) is 31.0. The second kappa shape index (κ2) is 9.66. The third-order valence-corrected chi connectivity index (χ3v) is 11.1. The van der Waals surface area contributed by atoms with Crippen molar-refractivity contribution in [1.82, 2.24) is 15.3 Å². The monoisotopic (exact) mass is 575 g/mol. The Morgan fingerprint density at radius 2 is 1.76 bits per heavy atom. The van der Waals surface area contributed by atoms with Crippen molar-refractivity contribution in [3.63, 3.8) is 0 Å². The summed E-state index contributed by atoms with van der Waals surface area (Å²) >= 11 is 0. The lowest BCUT2D eigenvalue weighted by molar-refractivity contribution is -0.136. The van der Waals surface area contributed by atoms with Gasteiger partial charge in [0.15, 0.2) is 9.84 Å². The molecule has 0 radical (unpaired) electrons. The lowest BCUT2D eigenvalue weighted by atomic mass is 9.52. The minimum atomic E-state index is -3.35. The number of nitrogens with zero attached hydrogens (tertiary/aromatic N) is 4. The number of piperazine rings is 1. The zero-order valence-electron chi connectivity index (χ0n) is 23.5. The molecule has 4 bridgehead atoms. The Morgan fingerprint density at radius 1 is 1.02 bits per heavy atom. The van der Waals surface area contributed by atoms with Crippen molar-refractivity contribution >= 4 is 38.2 Å². The van der Waals surface area contributed by atoms with E-state index in [0.29, 0.717) is 53.9 Å². The molecule has 3 aromatic rings. The van der Waals surface area contributed by atoms with E-state index >= 15 is 0 Å². The number of fused-ring (bicyclic) bond motifs is 1. The predicted molar refractivity (Wildman–Crippen MR) is 158 cm³/mol. The summed E-state index contributed by atoms with van der Waals surface area (Å²) in [5, 5.41) is 15.8. The van der Waals surface area contributed by atoms with Crippen LogP contribution >= 0.6 is 0 Å². The smallest absolute Gasteiger partial charge is 0.270 e. The van der Waals surface area contributed by atoms with Gasteiger partial charge in [0.2, 0.25) is 5.95 Å². The van der Waals surface area contributed by atoms with E-state index in [1.54, 1.807) is 18.3 Å². The van der Waals surface area contributed by atoms with Crippen molar-refractivity contribution in [3.05, 3.63) is 54.4 Å². The van der Waals surface area contributed by atoms with Crippen LogP contribution < -0.4 is 15.1 Å². The van der Waals surface area contributed by atoms with Crippen molar-refractivity contribution in [2.45, 2.75) is 61.6 Å². The summed E-state index contributed by atoms with van der Waals surface area (Å²) in [5.74, 6) is 1.65. The van der Waals surface area contributed by atoms with Gasteiger partial charge in [-0.05, 0) is 75.0 Å². The van der Waals surface area contributed by atoms with Crippen molar-refractivity contribution in [1.29, 1.82) is 0 Å². The van der Waals surface area contributed by atoms with Gasteiger partial charge in [-0.3, -0.25) is 4.79 Å². The third-order valence-electron chi connectivity index (χ3n) is 9.90. The molecule has 41 heavy (non-hydrogen) atoms. The zero-order chi connectivity index (χ0) is 28.5. The largest absolute Gasteiger partial charge is 0.390 e. The van der Waals surface area contributed by atoms with Gasteiger partial charge < -0.3 is 20.2 Å². The first-order valence-electron chi connectivity index (χ1n) is 14.7. The molecular weight excluding hydrogens is 538 g/mol. The van der Waals surface area contributed by atoms with E-state index in [2.05, 4.69) is 27.0 Å². The highest BCUT2D eigenvalue weighted by atomic mass is 32.2. The molecule has 4 saturated carbocycles. The molecule has 1 aliphatic heterocycles. The van der Waals surface area contributed by atoms with Crippen LogP contribution in [0.3, 0.4) is 0 Å². The molecular formula is C31H37N5O4S. The lowest BCUT2D eigenvalue weighted by Gasteiger charge is -2.58. The first-order valence-corrected chi connectivity index (χ1v) is 16.6. The average Bonchev–Trinajstić information content (AvgIpc) is 2.93. The van der Waals surface area contributed by atoms with E-state index in [1.165, 1.54) is 6.26 Å². The molecule has 2 unspecified atom stereocenters. The van der Waals surface area contributed by atoms with Crippen molar-refractivity contribution < 1.29 is 18.3 Å². The van der Waals surface area contributed by atoms with Crippen molar-refractivity contribution in [3.8, 4) is 0 Å². The molecule has 8 rings (SSSR count). The molecule has 216 valence electrons. The molecule has 4 aliphatic carbocycles. The molecule has 5 aliphatic rings. The van der Waals surface area contributed by atoms with Gasteiger partial charge in [0.05, 0.1) is 10.5 Å². The minimum absolute atomic E-state index is 0.0700. The van der Waals surface area contributed by atoms with Crippen LogP contribution in [-0.4, -0.2) is 73.0 Å². The van der Waals surface area contributed by atoms with Crippen LogP contribution in [0.15, 0.2) is 53.6 Å². The molecule has 0 spiro atoms. The van der Waals surface area contributed by atoms with Crippen LogP contribution in [-0.2, 0) is 9.84 Å². The number of hydrogen-bond acceptors (Lipinski definition) is 8. The molecule has 5 fully saturated rings. The number of nitrogens with one attached hydrogen (secondary N) is 1. The van der Waals surface area contributed by atoms with Crippen LogP contribution in [0.1, 0.15) is 49.5 Å². The minimum Gasteiger partial charge on any atom is -0.390 e. The number of sulfone groups is 1. The number of anilines is 2. The van der Waals surface area contributed by atoms with Gasteiger partial charge in [-0.15, -0.1) is 0 Å². The molecule has 1 aromatic heterocycles. The predicted octanol–water partition coefficient (Wildman–Crippen LogP) is 3.42. The van der Waals surface area contributed by atoms with Crippen LogP contribution in [0.2, 0.25) is 0 Å². The highest BCUT2D eigenvalue weighted by Gasteiger charge is 2.55. The number of amides is 1. The van der Waals surface area contributed by atoms with E-state index in [-0.39, 0.29) is 18.0 Å². The summed E-state index contributed by atoms with van der Waals surface area (Å²) in [4.78, 5) is 27.4. The molecule has 1 amide bonds. The number of rotatable bonds is 5. The molecule has 3 atom stereocenters. The maximum absolute atomic E-state index is 13.4. The third kappa shape index (κ3) is 4.74. The fourth-order valence-electron chi connectivity index (χ4n) is 8.38. The molecule has 1 saturated heterocycles. The highest BCUT2D eigenvalue weighted by molar-refractivity contribution is 7.91. The quantitative estimate of drug-likeness (QED) is 0.476. The lowest BCUT2D eigenvalue weighted by Crippen LogP contribution is -2.61. The van der Waals surface area contributed by atoms with E-state index in [4.69, 9.17) is 4.98 Å². The van der Waals surface area contributed by atoms with Crippen LogP contribution in [0.4, 0.5) is 11.6 Å². The van der Waals surface area contributed by atoms with Crippen LogP contribution in [0, 0.1) is 17.8 Å². The Balaban J connectivity index is 1.07. The second-order valence-electron chi connectivity index (χ2n) is 12.8. The number of carbonyl (C=O) groups excluding carboxylic acids is 1. The van der Waals surface area contributed by atoms with Gasteiger partial charge in [0, 0.05) is 60.6 Å². The Kier molecular flexibility index (Phi) is 6.28. The molecule has 2 aromatic carbocycles. The van der Waals surface area contributed by atoms with Crippen LogP contribution in [0.25, 0.3) is 10.8 Å². The van der Waals surface area contributed by atoms with E-state index in [9.17, 15) is 18.3 Å². The maximum atomic E-state index is 13.4. The first-order chi connectivity index (χ1) is 19.6. The molecule has 10 heteroatoms. The Morgan fingerprint density at radius 3 is 2.44 bits per heavy atom. The summed E-state index contributed by atoms with van der Waals surface area (Å²) in [7, 11) is -3.35. The number of aromatic nitrogens is 2. The average molecular weight is 576 g/mol. The van der Waals surface area contributed by atoms with E-state index < -0.39 is 15.4 Å². The summed E-state index contributed by atoms with van der Waals surface area (Å²) in [6.45, 7) is 4.20. The van der Waals surface area contributed by atoms with Gasteiger partial charge >= 0.3 is 0 Å². The van der Waals surface area contributed by atoms with Crippen molar-refractivity contribution in [2.75, 3.05) is 35.7 Å². The van der Waals surface area contributed by atoms with Gasteiger partial charge in [-0.1, -0.05) is 24.3 Å². The SMILES string of the molecule is C[C@@H]1CN(c2ccc(S(C)(=O)=O)c3ccccc23)CCN1c1nccc(C(=O)N[C@H]2C3CC4CC2C[C@](O)(C4)C3)n1. The van der Waals surface area contributed by atoms with E-state index in [1.807, 2.05) is 30.3 Å². The van der Waals surface area contributed by atoms with E-state index in [0.717, 1.165) is 48.6 Å². The van der Waals surface area contributed by atoms with Gasteiger partial charge in [0.25, 0.3) is 5.91 Å². The maximum Gasteiger partial charge on any atom is 0.270 e. The zero-order valence-corrected chi connectivity index (χ0v) is 24.3. The highest BCUT2D eigenvalue weighted by Crippen LogP contribution is 2.55. The molecule has 9 nitrogen and oxygen atoms in total. The number of benzene rings is 2. The van der Waals surface area contributed by atoms with Crippen LogP contribution in [0.5, 0.6) is 0 Å². The fourth-order valence-corrected chi connectivity index (χ4v) is 9.28. The summed E-state index contributed by atoms with van der Waals surface area (Å²) in [6.07, 6.45) is 7.58. The summed E-state index contributed by atoms with van der Waals surface area (Å²) < 4.78 is 24.8. The molecule has 2 N–H and O–H groups in total. The summed E-state index contributed by atoms with van der Waals surface area (Å²) in [5.41, 5.74) is 0.855. The topological polar surface area (TPSA) is 116 Å². The number of carbonyl (C=O) groups is 1. The molecule has 2 heterocycles. The number of aliphatic hydroxyl groups is 1. The van der Waals surface area contributed by atoms with Gasteiger partial charge in [-0.25, -0.2) is 18.4 Å². The Labute approximate surface area is 240 Å². The fraction of sp³-hybridized carbons (Fsp3) is 0.516. The first kappa shape index (κ1) is 26.6. The number of hydrogen-bond donors (Lipinski definition) is 2. The Hall–Kier alpha value is -3.24. The summed E-state index contributed by atoms with van der Waals surface area (Å²) in [6, 6.07) is 13.1. The van der Waals surface area contributed by atoms with Gasteiger partial charge in [-0.2, -0.15) is 0 Å². The standard InChI is InChI=1S/C31H37N5O4S/c1-19-18-35(26-7-8-27(41(2,39)40)24-6-4-3-5-23(24)26)11-12-36(19)30-32-10-9-25(33-30)29(37)34-28-21-13-20-14-22(28)17-31(38,15-20)16-21/h3-10,19-22,28,38H,11-18H2,1-2H3,(H,34,37)/t19-,20?,21?,22?,28-,31-/m1/s1. The van der Waals surface area contributed by atoms with Crippen molar-refractivity contribution in [2.24, 2.45) is 17.8 Å². The Bertz CT molecular complexity index is 1610. The van der Waals surface area contributed by atoms with Gasteiger partial charge in [0.1, 0.15) is 5.69 Å². The second-order valence-corrected chi connectivity index (χ2v) is 14.8.